The van der Waals surface area contributed by atoms with Crippen LogP contribution in [0.2, 0.25) is 0 Å². The largest absolute Gasteiger partial charge is 0.383 e. The molecule has 8 heteroatoms. The summed E-state index contributed by atoms with van der Waals surface area (Å²) in [6.07, 6.45) is 1.70. The highest BCUT2D eigenvalue weighted by atomic mass is 79.9. The first-order valence-electron chi connectivity index (χ1n) is 6.38. The van der Waals surface area contributed by atoms with Crippen LogP contribution in [-0.4, -0.2) is 31.7 Å². The average Bonchev–Trinajstić information content (AvgIpc) is 2.97. The van der Waals surface area contributed by atoms with Crippen LogP contribution < -0.4 is 5.73 Å². The van der Waals surface area contributed by atoms with E-state index in [-0.39, 0.29) is 0 Å². The predicted molar refractivity (Wildman–Crippen MR) is 87.9 cm³/mol. The lowest BCUT2D eigenvalue weighted by molar-refractivity contribution is 0.314. The molecule has 6 nitrogen and oxygen atoms in total. The molecule has 0 amide bonds. The molecule has 0 radical (unpaired) electrons. The van der Waals surface area contributed by atoms with Gasteiger partial charge in [0.15, 0.2) is 5.65 Å². The van der Waals surface area contributed by atoms with Crippen LogP contribution in [0.5, 0.6) is 0 Å². The Labute approximate surface area is 134 Å². The molecule has 3 aromatic rings. The standard InChI is InChI=1S/C13H15BrN6S/c1-19(5-9-3-8(14)7-21-9)6-11-17-12(15)10-4-16-20(2)13(10)18-11/h3-4,7H,5-6H2,1-2H3,(H2,15,17,18). The highest BCUT2D eigenvalue weighted by Crippen LogP contribution is 2.22. The van der Waals surface area contributed by atoms with Crippen LogP contribution in [0.15, 0.2) is 22.1 Å². The number of aryl methyl sites for hydroxylation is 1. The third-order valence-corrected chi connectivity index (χ3v) is 4.81. The molecule has 3 aromatic heterocycles. The van der Waals surface area contributed by atoms with Gasteiger partial charge in [0.1, 0.15) is 11.6 Å². The third kappa shape index (κ3) is 3.07. The van der Waals surface area contributed by atoms with E-state index in [1.807, 2.05) is 14.1 Å². The summed E-state index contributed by atoms with van der Waals surface area (Å²) in [4.78, 5) is 12.4. The summed E-state index contributed by atoms with van der Waals surface area (Å²) in [7, 11) is 3.89. The average molecular weight is 367 g/mol. The van der Waals surface area contributed by atoms with Crippen molar-refractivity contribution in [3.05, 3.63) is 32.8 Å². The van der Waals surface area contributed by atoms with Crippen molar-refractivity contribution < 1.29 is 0 Å². The van der Waals surface area contributed by atoms with Crippen LogP contribution in [0.25, 0.3) is 11.0 Å². The Morgan fingerprint density at radius 2 is 2.19 bits per heavy atom. The first-order valence-corrected chi connectivity index (χ1v) is 8.06. The van der Waals surface area contributed by atoms with Gasteiger partial charge in [-0.2, -0.15) is 5.10 Å². The van der Waals surface area contributed by atoms with Crippen LogP contribution in [0.4, 0.5) is 5.82 Å². The Kier molecular flexibility index (Phi) is 3.92. The molecule has 0 aromatic carbocycles. The molecular formula is C13H15BrN6S. The predicted octanol–water partition coefficient (Wildman–Crippen LogP) is 2.40. The minimum atomic E-state index is 0.482. The van der Waals surface area contributed by atoms with Crippen LogP contribution in [0.3, 0.4) is 0 Å². The molecule has 0 saturated carbocycles. The molecule has 0 aliphatic carbocycles. The fraction of sp³-hybridized carbons (Fsp3) is 0.308. The van der Waals surface area contributed by atoms with Crippen LogP contribution in [0.1, 0.15) is 10.7 Å². The first kappa shape index (κ1) is 14.4. The number of nitrogens with two attached hydrogens (primary N) is 1. The van der Waals surface area contributed by atoms with E-state index in [1.165, 1.54) is 4.88 Å². The zero-order valence-corrected chi connectivity index (χ0v) is 14.1. The lowest BCUT2D eigenvalue weighted by Crippen LogP contribution is -2.19. The number of fused-ring (bicyclic) bond motifs is 1. The maximum Gasteiger partial charge on any atom is 0.163 e. The minimum absolute atomic E-state index is 0.482. The molecule has 0 spiro atoms. The number of hydrogen-bond acceptors (Lipinski definition) is 6. The molecule has 3 heterocycles. The fourth-order valence-corrected chi connectivity index (χ4v) is 3.69. The van der Waals surface area contributed by atoms with E-state index < -0.39 is 0 Å². The van der Waals surface area contributed by atoms with Gasteiger partial charge < -0.3 is 5.73 Å². The molecule has 110 valence electrons. The maximum absolute atomic E-state index is 5.97. The van der Waals surface area contributed by atoms with Crippen LogP contribution >= 0.6 is 27.3 Å². The molecule has 0 bridgehead atoms. The van der Waals surface area contributed by atoms with Gasteiger partial charge in [0.2, 0.25) is 0 Å². The van der Waals surface area contributed by atoms with Gasteiger partial charge in [-0.1, -0.05) is 0 Å². The topological polar surface area (TPSA) is 72.9 Å². The quantitative estimate of drug-likeness (QED) is 0.767. The van der Waals surface area contributed by atoms with E-state index in [1.54, 1.807) is 22.2 Å². The van der Waals surface area contributed by atoms with Gasteiger partial charge >= 0.3 is 0 Å². The van der Waals surface area contributed by atoms with Crippen molar-refractivity contribution in [2.24, 2.45) is 7.05 Å². The Bertz CT molecular complexity index is 780. The number of halogens is 1. The Balaban J connectivity index is 1.79. The van der Waals surface area contributed by atoms with Gasteiger partial charge in [0, 0.05) is 28.3 Å². The molecule has 0 saturated heterocycles. The molecule has 21 heavy (non-hydrogen) atoms. The zero-order valence-electron chi connectivity index (χ0n) is 11.7. The third-order valence-electron chi connectivity index (χ3n) is 3.13. The Morgan fingerprint density at radius 3 is 2.90 bits per heavy atom. The van der Waals surface area contributed by atoms with E-state index in [0.717, 1.165) is 22.1 Å². The second-order valence-corrected chi connectivity index (χ2v) is 6.85. The molecule has 3 rings (SSSR count). The lowest BCUT2D eigenvalue weighted by atomic mass is 10.3. The monoisotopic (exact) mass is 366 g/mol. The molecular weight excluding hydrogens is 352 g/mol. The summed E-state index contributed by atoms with van der Waals surface area (Å²) in [5, 5.41) is 7.04. The van der Waals surface area contributed by atoms with Gasteiger partial charge in [-0.05, 0) is 29.0 Å². The van der Waals surface area contributed by atoms with Crippen molar-refractivity contribution in [3.63, 3.8) is 0 Å². The van der Waals surface area contributed by atoms with Crippen molar-refractivity contribution in [3.8, 4) is 0 Å². The fourth-order valence-electron chi connectivity index (χ4n) is 2.16. The maximum atomic E-state index is 5.97. The van der Waals surface area contributed by atoms with E-state index in [0.29, 0.717) is 18.2 Å². The number of aromatic nitrogens is 4. The normalized spacial score (nSPS) is 11.6. The van der Waals surface area contributed by atoms with E-state index in [2.05, 4.69) is 47.3 Å². The van der Waals surface area contributed by atoms with Gasteiger partial charge in [-0.3, -0.25) is 9.58 Å². The molecule has 0 aliphatic heterocycles. The van der Waals surface area contributed by atoms with E-state index >= 15 is 0 Å². The van der Waals surface area contributed by atoms with E-state index in [4.69, 9.17) is 5.73 Å². The second kappa shape index (κ2) is 5.70. The first-order chi connectivity index (χ1) is 10.0. The number of nitrogen functional groups attached to an aromatic ring is 1. The highest BCUT2D eigenvalue weighted by molar-refractivity contribution is 9.10. The molecule has 2 N–H and O–H groups in total. The summed E-state index contributed by atoms with van der Waals surface area (Å²) in [6, 6.07) is 2.13. The Morgan fingerprint density at radius 1 is 1.38 bits per heavy atom. The van der Waals surface area contributed by atoms with Crippen LogP contribution in [-0.2, 0) is 20.1 Å². The number of nitrogens with zero attached hydrogens (tertiary/aromatic N) is 5. The van der Waals surface area contributed by atoms with Gasteiger partial charge in [-0.25, -0.2) is 9.97 Å². The molecule has 0 unspecified atom stereocenters. The van der Waals surface area contributed by atoms with Crippen molar-refractivity contribution in [1.82, 2.24) is 24.6 Å². The number of anilines is 1. The van der Waals surface area contributed by atoms with Crippen LogP contribution in [0, 0.1) is 0 Å². The smallest absolute Gasteiger partial charge is 0.163 e. The molecule has 0 aliphatic rings. The van der Waals surface area contributed by atoms with Crippen molar-refractivity contribution in [2.75, 3.05) is 12.8 Å². The van der Waals surface area contributed by atoms with Crippen molar-refractivity contribution in [2.45, 2.75) is 13.1 Å². The molecule has 0 fully saturated rings. The summed E-state index contributed by atoms with van der Waals surface area (Å²) in [5.74, 6) is 1.19. The van der Waals surface area contributed by atoms with Crippen molar-refractivity contribution in [1.29, 1.82) is 0 Å². The van der Waals surface area contributed by atoms with Gasteiger partial charge in [0.05, 0.1) is 18.1 Å². The summed E-state index contributed by atoms with van der Waals surface area (Å²) >= 11 is 5.20. The van der Waals surface area contributed by atoms with Gasteiger partial charge in [0.25, 0.3) is 0 Å². The number of thiophene rings is 1. The Hall–Kier alpha value is -1.51. The van der Waals surface area contributed by atoms with Gasteiger partial charge in [-0.15, -0.1) is 11.3 Å². The number of hydrogen-bond donors (Lipinski definition) is 1. The van der Waals surface area contributed by atoms with E-state index in [9.17, 15) is 0 Å². The zero-order chi connectivity index (χ0) is 15.0. The second-order valence-electron chi connectivity index (χ2n) is 4.93. The summed E-state index contributed by atoms with van der Waals surface area (Å²) in [5.41, 5.74) is 6.74. The minimum Gasteiger partial charge on any atom is -0.383 e. The summed E-state index contributed by atoms with van der Waals surface area (Å²) < 4.78 is 2.83. The molecule has 0 atom stereocenters. The highest BCUT2D eigenvalue weighted by Gasteiger charge is 2.11. The number of rotatable bonds is 4. The van der Waals surface area contributed by atoms with Crippen molar-refractivity contribution >= 4 is 44.1 Å². The SMILES string of the molecule is CN(Cc1nc(N)c2cnn(C)c2n1)Cc1cc(Br)cs1. The lowest BCUT2D eigenvalue weighted by Gasteiger charge is -2.14. The summed E-state index contributed by atoms with van der Waals surface area (Å²) in [6.45, 7) is 1.49.